The fraction of sp³-hybridized carbons (Fsp3) is 0.600. The van der Waals surface area contributed by atoms with Crippen molar-refractivity contribution in [2.24, 2.45) is 0 Å². The van der Waals surface area contributed by atoms with Gasteiger partial charge in [0.1, 0.15) is 11.9 Å². The first-order valence-electron chi connectivity index (χ1n) is 5.93. The highest BCUT2D eigenvalue weighted by Gasteiger charge is 2.46. The molecule has 1 aliphatic rings. The van der Waals surface area contributed by atoms with E-state index in [1.807, 2.05) is 0 Å². The van der Waals surface area contributed by atoms with Crippen LogP contribution in [0.3, 0.4) is 0 Å². The lowest BCUT2D eigenvalue weighted by atomic mass is 10.2. The lowest BCUT2D eigenvalue weighted by Gasteiger charge is -2.22. The number of aliphatic hydroxyl groups excluding tert-OH is 2. The minimum Gasteiger partial charge on any atom is -0.394 e. The molecule has 4 atom stereocenters. The lowest BCUT2D eigenvalue weighted by molar-refractivity contribution is -0.0456. The summed E-state index contributed by atoms with van der Waals surface area (Å²) in [5.74, 6) is 0.0679. The number of aromatic nitrogens is 2. The number of anilines is 1. The van der Waals surface area contributed by atoms with Crippen molar-refractivity contribution in [3.8, 4) is 0 Å². The molecule has 0 radical (unpaired) electrons. The van der Waals surface area contributed by atoms with E-state index in [-0.39, 0.29) is 5.82 Å². The van der Waals surface area contributed by atoms with Crippen LogP contribution >= 0.6 is 56.4 Å². The third-order valence-corrected chi connectivity index (χ3v) is 7.11. The van der Waals surface area contributed by atoms with Gasteiger partial charge in [0.25, 0.3) is 0 Å². The summed E-state index contributed by atoms with van der Waals surface area (Å²) in [6, 6.07) is 1.42. The van der Waals surface area contributed by atoms with Crippen molar-refractivity contribution in [2.45, 2.75) is 26.8 Å². The number of hydrogen-bond acceptors (Lipinski definition) is 8. The highest BCUT2D eigenvalue weighted by molar-refractivity contribution is 8.78. The summed E-state index contributed by atoms with van der Waals surface area (Å²) in [7, 11) is 1.94. The van der Waals surface area contributed by atoms with Crippen molar-refractivity contribution >= 4 is 62.2 Å². The van der Waals surface area contributed by atoms with Crippen LogP contribution in [0.15, 0.2) is 17.1 Å². The van der Waals surface area contributed by atoms with Gasteiger partial charge < -0.3 is 20.7 Å². The molecular formula is C10H12Cl3N3O4S2. The molecule has 0 aromatic carbocycles. The molecular weight excluding hydrogens is 397 g/mol. The highest BCUT2D eigenvalue weighted by Crippen LogP contribution is 2.51. The van der Waals surface area contributed by atoms with Gasteiger partial charge in [-0.25, -0.2) is 4.79 Å². The van der Waals surface area contributed by atoms with Gasteiger partial charge in [0, 0.05) is 6.20 Å². The predicted molar refractivity (Wildman–Crippen MR) is 89.2 cm³/mol. The van der Waals surface area contributed by atoms with Crippen LogP contribution in [-0.4, -0.2) is 47.0 Å². The number of halogens is 3. The van der Waals surface area contributed by atoms with Gasteiger partial charge in [0.05, 0.1) is 18.0 Å². The molecule has 0 saturated carbocycles. The van der Waals surface area contributed by atoms with Crippen LogP contribution in [0.5, 0.6) is 0 Å². The predicted octanol–water partition coefficient (Wildman–Crippen LogP) is 1.15. The molecule has 1 fully saturated rings. The van der Waals surface area contributed by atoms with Gasteiger partial charge in [-0.3, -0.25) is 4.57 Å². The van der Waals surface area contributed by atoms with E-state index in [1.54, 1.807) is 0 Å². The molecule has 2 rings (SSSR count). The van der Waals surface area contributed by atoms with Crippen molar-refractivity contribution in [3.05, 3.63) is 22.7 Å². The number of alkyl halides is 3. The molecule has 1 aromatic rings. The number of nitrogens with two attached hydrogens (primary N) is 1. The van der Waals surface area contributed by atoms with E-state index in [0.717, 1.165) is 21.6 Å². The maximum atomic E-state index is 11.9. The van der Waals surface area contributed by atoms with Crippen molar-refractivity contribution in [1.82, 2.24) is 9.55 Å². The summed E-state index contributed by atoms with van der Waals surface area (Å²) >= 11 is 17.0. The summed E-state index contributed by atoms with van der Waals surface area (Å²) in [5.41, 5.74) is 4.80. The number of nitrogen functional groups attached to an aromatic ring is 1. The third-order valence-electron chi connectivity index (χ3n) is 2.87. The summed E-state index contributed by atoms with van der Waals surface area (Å²) in [5, 5.41) is 18.8. The second kappa shape index (κ2) is 7.35. The van der Waals surface area contributed by atoms with Gasteiger partial charge in [0.2, 0.25) is 3.12 Å². The molecule has 0 amide bonds. The van der Waals surface area contributed by atoms with Crippen LogP contribution in [0.25, 0.3) is 0 Å². The Morgan fingerprint density at radius 3 is 2.73 bits per heavy atom. The Labute approximate surface area is 148 Å². The molecule has 0 spiro atoms. The molecule has 7 nitrogen and oxygen atoms in total. The Hall–Kier alpha value is 0.130. The van der Waals surface area contributed by atoms with Gasteiger partial charge in [-0.1, -0.05) is 45.6 Å². The molecule has 12 heteroatoms. The smallest absolute Gasteiger partial charge is 0.351 e. The van der Waals surface area contributed by atoms with Gasteiger partial charge >= 0.3 is 5.69 Å². The monoisotopic (exact) mass is 407 g/mol. The van der Waals surface area contributed by atoms with Crippen LogP contribution in [-0.2, 0) is 4.74 Å². The number of hydrogen-bond donors (Lipinski definition) is 3. The van der Waals surface area contributed by atoms with E-state index in [9.17, 15) is 15.0 Å². The normalized spacial score (nSPS) is 29.0. The molecule has 22 heavy (non-hydrogen) atoms. The van der Waals surface area contributed by atoms with Gasteiger partial charge in [-0.2, -0.15) is 4.98 Å². The fourth-order valence-electron chi connectivity index (χ4n) is 1.93. The standard InChI is InChI=1S/C10H12Cl3N3O4S2/c11-10(12,13)22-21-7-6(18)4(3-17)20-8(7)16-2-1-5(14)15-9(16)19/h1-2,4,6-8,17-18H,3H2,(H2,14,15,19)/t4-,6-,7-,8-/m1/s1. The molecule has 0 bridgehead atoms. The number of aliphatic hydroxyl groups is 2. The Balaban J connectivity index is 2.27. The number of rotatable bonds is 4. The van der Waals surface area contributed by atoms with Crippen molar-refractivity contribution in [3.63, 3.8) is 0 Å². The van der Waals surface area contributed by atoms with Gasteiger partial charge in [-0.15, -0.1) is 0 Å². The van der Waals surface area contributed by atoms with Gasteiger partial charge in [-0.05, 0) is 16.9 Å². The first-order valence-corrected chi connectivity index (χ1v) is 9.28. The number of nitrogens with zero attached hydrogens (tertiary/aromatic N) is 2. The molecule has 1 aromatic heterocycles. The first-order chi connectivity index (χ1) is 10.2. The second-order valence-electron chi connectivity index (χ2n) is 4.37. The SMILES string of the molecule is Nc1ccn([C@@H]2O[C@H](CO)[C@@H](O)[C@H]2SSC(Cl)(Cl)Cl)c(=O)n1. The molecule has 2 heterocycles. The number of ether oxygens (including phenoxy) is 1. The lowest BCUT2D eigenvalue weighted by Crippen LogP contribution is -2.34. The highest BCUT2D eigenvalue weighted by atomic mass is 35.6. The summed E-state index contributed by atoms with van der Waals surface area (Å²) in [6.07, 6.45) is -1.39. The molecule has 4 N–H and O–H groups in total. The summed E-state index contributed by atoms with van der Waals surface area (Å²) in [6.45, 7) is -0.412. The maximum Gasteiger partial charge on any atom is 0.351 e. The molecule has 124 valence electrons. The van der Waals surface area contributed by atoms with Crippen molar-refractivity contribution in [2.75, 3.05) is 12.3 Å². The minimum absolute atomic E-state index is 0.0679. The Bertz CT molecular complexity index is 585. The van der Waals surface area contributed by atoms with Crippen molar-refractivity contribution < 1.29 is 14.9 Å². The Kier molecular flexibility index (Phi) is 6.17. The molecule has 1 saturated heterocycles. The van der Waals surface area contributed by atoms with E-state index >= 15 is 0 Å². The maximum absolute atomic E-state index is 11.9. The van der Waals surface area contributed by atoms with Crippen molar-refractivity contribution in [1.29, 1.82) is 0 Å². The Morgan fingerprint density at radius 2 is 2.18 bits per heavy atom. The molecule has 0 unspecified atom stereocenters. The first kappa shape index (κ1) is 18.5. The minimum atomic E-state index is -1.60. The largest absolute Gasteiger partial charge is 0.394 e. The van der Waals surface area contributed by atoms with Crippen LogP contribution in [0.4, 0.5) is 5.82 Å². The zero-order valence-electron chi connectivity index (χ0n) is 10.8. The van der Waals surface area contributed by atoms with E-state index in [2.05, 4.69) is 4.98 Å². The van der Waals surface area contributed by atoms with Gasteiger partial charge in [0.15, 0.2) is 6.23 Å². The Morgan fingerprint density at radius 1 is 1.50 bits per heavy atom. The van der Waals surface area contributed by atoms with E-state index < -0.39 is 39.1 Å². The average Bonchev–Trinajstić information content (AvgIpc) is 2.72. The van der Waals surface area contributed by atoms with E-state index in [4.69, 9.17) is 45.3 Å². The molecule has 1 aliphatic heterocycles. The van der Waals surface area contributed by atoms with E-state index in [1.165, 1.54) is 16.8 Å². The van der Waals surface area contributed by atoms with Crippen LogP contribution < -0.4 is 11.4 Å². The quantitative estimate of drug-likeness (QED) is 0.503. The third kappa shape index (κ3) is 4.35. The van der Waals surface area contributed by atoms with Crippen LogP contribution in [0, 0.1) is 0 Å². The summed E-state index contributed by atoms with van der Waals surface area (Å²) in [4.78, 5) is 15.5. The van der Waals surface area contributed by atoms with Crippen LogP contribution in [0.1, 0.15) is 6.23 Å². The fourth-order valence-corrected chi connectivity index (χ4v) is 5.00. The van der Waals surface area contributed by atoms with Crippen LogP contribution in [0.2, 0.25) is 0 Å². The topological polar surface area (TPSA) is 111 Å². The second-order valence-corrected chi connectivity index (χ2v) is 9.92. The zero-order chi connectivity index (χ0) is 16.5. The average molecular weight is 409 g/mol. The summed E-state index contributed by atoms with van der Waals surface area (Å²) < 4.78 is 5.10. The molecule has 0 aliphatic carbocycles. The van der Waals surface area contributed by atoms with E-state index in [0.29, 0.717) is 0 Å². The zero-order valence-corrected chi connectivity index (χ0v) is 14.7.